The number of furan rings is 1. The van der Waals surface area contributed by atoms with Crippen molar-refractivity contribution in [1.82, 2.24) is 4.98 Å². The van der Waals surface area contributed by atoms with Gasteiger partial charge in [0.2, 0.25) is 5.91 Å². The number of hydrogen-bond acceptors (Lipinski definition) is 3. The van der Waals surface area contributed by atoms with Gasteiger partial charge in [-0.2, -0.15) is 0 Å². The molecular formula is C18H12Cl2N2O2. The van der Waals surface area contributed by atoms with Crippen LogP contribution in [0.1, 0.15) is 5.76 Å². The summed E-state index contributed by atoms with van der Waals surface area (Å²) in [7, 11) is 0. The molecule has 0 atom stereocenters. The molecule has 0 radical (unpaired) electrons. The topological polar surface area (TPSA) is 55.1 Å². The Morgan fingerprint density at radius 1 is 1.17 bits per heavy atom. The zero-order chi connectivity index (χ0) is 16.9. The lowest BCUT2D eigenvalue weighted by Gasteiger charge is -2.01. The Bertz CT molecular complexity index is 889. The van der Waals surface area contributed by atoms with Crippen molar-refractivity contribution in [2.45, 2.75) is 0 Å². The number of carbonyl (C=O) groups is 1. The molecule has 0 bridgehead atoms. The Kier molecular flexibility index (Phi) is 4.99. The van der Waals surface area contributed by atoms with E-state index in [1.165, 1.54) is 6.08 Å². The summed E-state index contributed by atoms with van der Waals surface area (Å²) in [6.07, 6.45) is 6.18. The Morgan fingerprint density at radius 2 is 2.04 bits per heavy atom. The number of amides is 1. The van der Waals surface area contributed by atoms with E-state index in [2.05, 4.69) is 10.3 Å². The van der Waals surface area contributed by atoms with Crippen LogP contribution in [0.25, 0.3) is 17.4 Å². The summed E-state index contributed by atoms with van der Waals surface area (Å²) in [5.74, 6) is 0.867. The highest BCUT2D eigenvalue weighted by atomic mass is 35.5. The van der Waals surface area contributed by atoms with Crippen LogP contribution >= 0.6 is 23.2 Å². The third kappa shape index (κ3) is 4.04. The van der Waals surface area contributed by atoms with Crippen LogP contribution in [-0.4, -0.2) is 10.9 Å². The number of hydrogen-bond donors (Lipinski definition) is 1. The van der Waals surface area contributed by atoms with Crippen LogP contribution in [0.5, 0.6) is 0 Å². The molecule has 0 aliphatic carbocycles. The molecule has 1 amide bonds. The van der Waals surface area contributed by atoms with Crippen molar-refractivity contribution in [3.63, 3.8) is 0 Å². The fourth-order valence-corrected chi connectivity index (χ4v) is 2.56. The average molecular weight is 359 g/mol. The zero-order valence-electron chi connectivity index (χ0n) is 12.4. The van der Waals surface area contributed by atoms with E-state index in [0.29, 0.717) is 27.3 Å². The quantitative estimate of drug-likeness (QED) is 0.643. The second-order valence-electron chi connectivity index (χ2n) is 4.89. The highest BCUT2D eigenvalue weighted by Gasteiger charge is 2.08. The van der Waals surface area contributed by atoms with Gasteiger partial charge in [-0.1, -0.05) is 23.2 Å². The third-order valence-electron chi connectivity index (χ3n) is 3.15. The van der Waals surface area contributed by atoms with Crippen molar-refractivity contribution < 1.29 is 9.21 Å². The summed E-state index contributed by atoms with van der Waals surface area (Å²) >= 11 is 12.0. The first-order valence-electron chi connectivity index (χ1n) is 7.06. The van der Waals surface area contributed by atoms with Crippen LogP contribution in [0.3, 0.4) is 0 Å². The number of carbonyl (C=O) groups excluding carboxylic acids is 1. The highest BCUT2D eigenvalue weighted by molar-refractivity contribution is 6.36. The fraction of sp³-hybridized carbons (Fsp3) is 0. The predicted octanol–water partition coefficient (Wildman–Crippen LogP) is 5.30. The second-order valence-corrected chi connectivity index (χ2v) is 5.73. The summed E-state index contributed by atoms with van der Waals surface area (Å²) in [5.41, 5.74) is 1.36. The van der Waals surface area contributed by atoms with Crippen molar-refractivity contribution in [2.24, 2.45) is 0 Å². The second kappa shape index (κ2) is 7.34. The first-order valence-corrected chi connectivity index (χ1v) is 7.82. The van der Waals surface area contributed by atoms with Gasteiger partial charge in [0.1, 0.15) is 11.5 Å². The molecule has 2 aromatic heterocycles. The normalized spacial score (nSPS) is 10.9. The average Bonchev–Trinajstić information content (AvgIpc) is 3.02. The predicted molar refractivity (Wildman–Crippen MR) is 96.1 cm³/mol. The minimum absolute atomic E-state index is 0.273. The lowest BCUT2D eigenvalue weighted by molar-refractivity contribution is -0.111. The number of pyridine rings is 1. The monoisotopic (exact) mass is 358 g/mol. The number of rotatable bonds is 4. The number of anilines is 1. The molecule has 0 saturated heterocycles. The maximum atomic E-state index is 11.9. The highest BCUT2D eigenvalue weighted by Crippen LogP contribution is 2.31. The SMILES string of the molecule is O=C(C=Cc1ccc(-c2ccc(Cl)cc2Cl)o1)Nc1cccnc1. The van der Waals surface area contributed by atoms with Crippen LogP contribution in [0, 0.1) is 0 Å². The Balaban J connectivity index is 1.70. The smallest absolute Gasteiger partial charge is 0.248 e. The Labute approximate surface area is 148 Å². The molecule has 24 heavy (non-hydrogen) atoms. The summed E-state index contributed by atoms with van der Waals surface area (Å²) in [5, 5.41) is 3.76. The molecule has 0 fully saturated rings. The molecule has 1 aromatic carbocycles. The van der Waals surface area contributed by atoms with Crippen molar-refractivity contribution in [1.29, 1.82) is 0 Å². The molecule has 2 heterocycles. The van der Waals surface area contributed by atoms with Crippen molar-refractivity contribution in [3.05, 3.63) is 76.7 Å². The van der Waals surface area contributed by atoms with Gasteiger partial charge in [-0.15, -0.1) is 0 Å². The summed E-state index contributed by atoms with van der Waals surface area (Å²) < 4.78 is 5.68. The molecule has 1 N–H and O–H groups in total. The standard InChI is InChI=1S/C18H12Cl2N2O2/c19-12-3-6-15(16(20)10-12)17-7-4-14(24-17)5-8-18(23)22-13-2-1-9-21-11-13/h1-11H,(H,22,23). The molecule has 0 aliphatic rings. The van der Waals surface area contributed by atoms with E-state index in [4.69, 9.17) is 27.6 Å². The summed E-state index contributed by atoms with van der Waals surface area (Å²) in [6.45, 7) is 0. The lowest BCUT2D eigenvalue weighted by Crippen LogP contribution is -2.07. The number of aromatic nitrogens is 1. The largest absolute Gasteiger partial charge is 0.457 e. The first kappa shape index (κ1) is 16.3. The van der Waals surface area contributed by atoms with Gasteiger partial charge in [0.15, 0.2) is 0 Å². The van der Waals surface area contributed by atoms with Crippen LogP contribution < -0.4 is 5.32 Å². The number of nitrogens with one attached hydrogen (secondary N) is 1. The van der Waals surface area contributed by atoms with E-state index in [1.807, 2.05) is 0 Å². The Morgan fingerprint density at radius 3 is 2.79 bits per heavy atom. The summed E-state index contributed by atoms with van der Waals surface area (Å²) in [4.78, 5) is 15.8. The minimum Gasteiger partial charge on any atom is -0.457 e. The molecule has 120 valence electrons. The maximum absolute atomic E-state index is 11.9. The van der Waals surface area contributed by atoms with Gasteiger partial charge in [0, 0.05) is 22.9 Å². The number of benzene rings is 1. The number of nitrogens with zero attached hydrogens (tertiary/aromatic N) is 1. The first-order chi connectivity index (χ1) is 11.6. The van der Waals surface area contributed by atoms with Crippen LogP contribution in [0.15, 0.2) is 65.4 Å². The van der Waals surface area contributed by atoms with Gasteiger partial charge in [-0.25, -0.2) is 0 Å². The molecule has 4 nitrogen and oxygen atoms in total. The molecule has 0 aliphatic heterocycles. The van der Waals surface area contributed by atoms with E-state index < -0.39 is 0 Å². The van der Waals surface area contributed by atoms with Crippen molar-refractivity contribution in [3.8, 4) is 11.3 Å². The molecular weight excluding hydrogens is 347 g/mol. The van der Waals surface area contributed by atoms with Gasteiger partial charge >= 0.3 is 0 Å². The van der Waals surface area contributed by atoms with E-state index in [0.717, 1.165) is 5.56 Å². The van der Waals surface area contributed by atoms with Crippen LogP contribution in [0.2, 0.25) is 10.0 Å². The Hall–Kier alpha value is -2.56. The van der Waals surface area contributed by atoms with E-state index in [9.17, 15) is 4.79 Å². The third-order valence-corrected chi connectivity index (χ3v) is 3.70. The number of halogens is 2. The molecule has 3 aromatic rings. The fourth-order valence-electron chi connectivity index (χ4n) is 2.05. The molecule has 0 spiro atoms. The van der Waals surface area contributed by atoms with Gasteiger partial charge in [-0.05, 0) is 48.5 Å². The molecule has 6 heteroatoms. The van der Waals surface area contributed by atoms with Crippen molar-refractivity contribution >= 4 is 40.9 Å². The van der Waals surface area contributed by atoms with E-state index in [-0.39, 0.29) is 5.91 Å². The maximum Gasteiger partial charge on any atom is 0.248 e. The lowest BCUT2D eigenvalue weighted by atomic mass is 10.2. The van der Waals surface area contributed by atoms with Gasteiger partial charge in [0.05, 0.1) is 16.9 Å². The van der Waals surface area contributed by atoms with E-state index >= 15 is 0 Å². The molecule has 0 unspecified atom stereocenters. The minimum atomic E-state index is -0.273. The van der Waals surface area contributed by atoms with E-state index in [1.54, 1.807) is 60.9 Å². The summed E-state index contributed by atoms with van der Waals surface area (Å²) in [6, 6.07) is 12.2. The van der Waals surface area contributed by atoms with Gasteiger partial charge in [-0.3, -0.25) is 9.78 Å². The molecule has 0 saturated carbocycles. The van der Waals surface area contributed by atoms with Crippen LogP contribution in [-0.2, 0) is 4.79 Å². The zero-order valence-corrected chi connectivity index (χ0v) is 13.9. The molecule has 3 rings (SSSR count). The van der Waals surface area contributed by atoms with Gasteiger partial charge in [0.25, 0.3) is 0 Å². The van der Waals surface area contributed by atoms with Crippen molar-refractivity contribution in [2.75, 3.05) is 5.32 Å². The van der Waals surface area contributed by atoms with Crippen LogP contribution in [0.4, 0.5) is 5.69 Å². The van der Waals surface area contributed by atoms with Gasteiger partial charge < -0.3 is 9.73 Å².